The van der Waals surface area contributed by atoms with Gasteiger partial charge in [0, 0.05) is 25.3 Å². The summed E-state index contributed by atoms with van der Waals surface area (Å²) in [6.07, 6.45) is 5.37. The first-order chi connectivity index (χ1) is 22.6. The summed E-state index contributed by atoms with van der Waals surface area (Å²) in [4.78, 5) is 49.6. The normalized spacial score (nSPS) is 26.6. The number of benzene rings is 2. The van der Waals surface area contributed by atoms with Crippen LogP contribution in [0.1, 0.15) is 52.0 Å². The maximum Gasteiger partial charge on any atom is 0.253 e. The highest BCUT2D eigenvalue weighted by Gasteiger charge is 2.79. The van der Waals surface area contributed by atoms with E-state index in [0.29, 0.717) is 50.2 Å². The number of aliphatic hydroxyl groups is 1. The SMILES string of the molecule is C=CCN(Cc1ccccc1)C(=O)[C@H]1[C@H]2C(=O)N([C@@H](CO)CC(C)C)C(C(=O)N(CC=C)c3ccc(OC)cc3)C23CC[C@]1(CC)O3. The second kappa shape index (κ2) is 14.0. The van der Waals surface area contributed by atoms with E-state index in [1.807, 2.05) is 51.1 Å². The van der Waals surface area contributed by atoms with Crippen molar-refractivity contribution in [1.82, 2.24) is 9.80 Å². The fourth-order valence-corrected chi connectivity index (χ4v) is 8.27. The highest BCUT2D eigenvalue weighted by atomic mass is 16.5. The summed E-state index contributed by atoms with van der Waals surface area (Å²) < 4.78 is 12.4. The van der Waals surface area contributed by atoms with Crippen LogP contribution < -0.4 is 9.64 Å². The van der Waals surface area contributed by atoms with Crippen molar-refractivity contribution in [2.75, 3.05) is 31.7 Å². The highest BCUT2D eigenvalue weighted by molar-refractivity contribution is 6.05. The smallest absolute Gasteiger partial charge is 0.253 e. The van der Waals surface area contributed by atoms with Crippen LogP contribution in [0.5, 0.6) is 5.75 Å². The Morgan fingerprint density at radius 3 is 2.32 bits per heavy atom. The molecule has 2 bridgehead atoms. The monoisotopic (exact) mass is 643 g/mol. The van der Waals surface area contributed by atoms with Crippen LogP contribution in [0.3, 0.4) is 0 Å². The molecule has 0 saturated carbocycles. The summed E-state index contributed by atoms with van der Waals surface area (Å²) in [6, 6.07) is 15.3. The summed E-state index contributed by atoms with van der Waals surface area (Å²) in [5.74, 6) is -1.66. The summed E-state index contributed by atoms with van der Waals surface area (Å²) in [6.45, 7) is 14.4. The fraction of sp³-hybridized carbons (Fsp3) is 0.500. The van der Waals surface area contributed by atoms with Gasteiger partial charge in [-0.1, -0.05) is 63.3 Å². The van der Waals surface area contributed by atoms with Gasteiger partial charge in [-0.25, -0.2) is 0 Å². The third kappa shape index (κ3) is 6.00. The van der Waals surface area contributed by atoms with E-state index in [1.165, 1.54) is 0 Å². The van der Waals surface area contributed by atoms with Crippen LogP contribution >= 0.6 is 0 Å². The van der Waals surface area contributed by atoms with Crippen LogP contribution in [0.15, 0.2) is 79.9 Å². The topological polar surface area (TPSA) is 99.6 Å². The van der Waals surface area contributed by atoms with Gasteiger partial charge in [-0.15, -0.1) is 13.2 Å². The molecule has 9 nitrogen and oxygen atoms in total. The first-order valence-corrected chi connectivity index (χ1v) is 16.7. The molecule has 252 valence electrons. The largest absolute Gasteiger partial charge is 0.497 e. The minimum absolute atomic E-state index is 0.144. The van der Waals surface area contributed by atoms with E-state index in [1.54, 1.807) is 58.2 Å². The van der Waals surface area contributed by atoms with Gasteiger partial charge in [0.2, 0.25) is 11.8 Å². The third-order valence-electron chi connectivity index (χ3n) is 10.3. The lowest BCUT2D eigenvalue weighted by atomic mass is 9.64. The van der Waals surface area contributed by atoms with Crippen molar-refractivity contribution in [3.8, 4) is 5.75 Å². The number of carbonyl (C=O) groups is 3. The molecule has 1 spiro atoms. The predicted molar refractivity (Wildman–Crippen MR) is 182 cm³/mol. The van der Waals surface area contributed by atoms with Crippen LogP contribution in [-0.2, 0) is 25.7 Å². The predicted octanol–water partition coefficient (Wildman–Crippen LogP) is 4.99. The van der Waals surface area contributed by atoms with Crippen molar-refractivity contribution in [2.45, 2.75) is 76.3 Å². The number of nitrogens with zero attached hydrogens (tertiary/aromatic N) is 3. The lowest BCUT2D eigenvalue weighted by molar-refractivity contribution is -0.154. The standard InChI is InChI=1S/C38H49N3O6/c1-7-21-39(24-27-13-11-10-12-14-27)34(43)31-32-35(44)41(29(25-42)23-26(4)5)33(38(32)20-19-37(31,9-3)47-38)36(45)40(22-8-2)28-15-17-30(46-6)18-16-28/h7-8,10-18,26,29,31-33,42H,1-2,9,19-25H2,3-6H3/t29-,31-,32+,33?,37+,38?/m1/s1. The first-order valence-electron chi connectivity index (χ1n) is 16.7. The molecule has 9 heteroatoms. The molecule has 0 aromatic heterocycles. The van der Waals surface area contributed by atoms with Crippen LogP contribution in [0, 0.1) is 17.8 Å². The van der Waals surface area contributed by atoms with Gasteiger partial charge in [-0.2, -0.15) is 0 Å². The minimum atomic E-state index is -1.23. The lowest BCUT2D eigenvalue weighted by Gasteiger charge is -2.40. The van der Waals surface area contributed by atoms with Gasteiger partial charge in [0.15, 0.2) is 0 Å². The molecule has 3 amide bonds. The van der Waals surface area contributed by atoms with E-state index in [2.05, 4.69) is 13.2 Å². The summed E-state index contributed by atoms with van der Waals surface area (Å²) in [7, 11) is 1.58. The molecule has 3 fully saturated rings. The third-order valence-corrected chi connectivity index (χ3v) is 10.3. The molecule has 0 radical (unpaired) electrons. The lowest BCUT2D eigenvalue weighted by Crippen LogP contribution is -2.59. The molecule has 1 N–H and O–H groups in total. The molecule has 2 unspecified atom stereocenters. The van der Waals surface area contributed by atoms with Gasteiger partial charge < -0.3 is 29.3 Å². The van der Waals surface area contributed by atoms with Crippen LogP contribution in [0.2, 0.25) is 0 Å². The van der Waals surface area contributed by atoms with Gasteiger partial charge >= 0.3 is 0 Å². The molecular formula is C38H49N3O6. The zero-order valence-electron chi connectivity index (χ0n) is 28.1. The Bertz CT molecular complexity index is 1460. The van der Waals surface area contributed by atoms with Crippen molar-refractivity contribution in [2.24, 2.45) is 17.8 Å². The quantitative estimate of drug-likeness (QED) is 0.275. The second-order valence-corrected chi connectivity index (χ2v) is 13.5. The fourth-order valence-electron chi connectivity index (χ4n) is 8.27. The summed E-state index contributed by atoms with van der Waals surface area (Å²) >= 11 is 0. The molecule has 3 aliphatic heterocycles. The molecule has 3 saturated heterocycles. The summed E-state index contributed by atoms with van der Waals surface area (Å²) in [5, 5.41) is 10.7. The number of amides is 3. The Labute approximate surface area is 278 Å². The van der Waals surface area contributed by atoms with Crippen LogP contribution in [0.4, 0.5) is 5.69 Å². The van der Waals surface area contributed by atoms with Gasteiger partial charge in [0.05, 0.1) is 37.2 Å². The molecule has 3 heterocycles. The number of likely N-dealkylation sites (tertiary alicyclic amines) is 1. The molecule has 47 heavy (non-hydrogen) atoms. The molecular weight excluding hydrogens is 594 g/mol. The zero-order chi connectivity index (χ0) is 33.9. The van der Waals surface area contributed by atoms with E-state index in [4.69, 9.17) is 9.47 Å². The van der Waals surface area contributed by atoms with Crippen LogP contribution in [-0.4, -0.2) is 82.7 Å². The number of hydrogen-bond acceptors (Lipinski definition) is 6. The van der Waals surface area contributed by atoms with Crippen molar-refractivity contribution < 1.29 is 29.0 Å². The number of fused-ring (bicyclic) bond motifs is 1. The molecule has 3 aliphatic rings. The van der Waals surface area contributed by atoms with Gasteiger partial charge in [0.1, 0.15) is 17.4 Å². The number of methoxy groups -OCH3 is 1. The van der Waals surface area contributed by atoms with Gasteiger partial charge in [-0.3, -0.25) is 14.4 Å². The van der Waals surface area contributed by atoms with E-state index in [9.17, 15) is 14.7 Å². The van der Waals surface area contributed by atoms with Crippen molar-refractivity contribution in [3.05, 3.63) is 85.5 Å². The molecule has 2 aromatic carbocycles. The molecule has 5 rings (SSSR count). The zero-order valence-corrected chi connectivity index (χ0v) is 28.1. The van der Waals surface area contributed by atoms with E-state index in [0.717, 1.165) is 5.56 Å². The number of anilines is 1. The number of ether oxygens (including phenoxy) is 2. The molecule has 6 atom stereocenters. The minimum Gasteiger partial charge on any atom is -0.497 e. The second-order valence-electron chi connectivity index (χ2n) is 13.5. The first kappa shape index (κ1) is 34.4. The van der Waals surface area contributed by atoms with Crippen molar-refractivity contribution >= 4 is 23.4 Å². The number of carbonyl (C=O) groups excluding carboxylic acids is 3. The summed E-state index contributed by atoms with van der Waals surface area (Å²) in [5.41, 5.74) is -0.532. The van der Waals surface area contributed by atoms with Crippen molar-refractivity contribution in [1.29, 1.82) is 0 Å². The van der Waals surface area contributed by atoms with Gasteiger partial charge in [0.25, 0.3) is 5.91 Å². The maximum absolute atomic E-state index is 15.0. The Morgan fingerprint density at radius 2 is 1.74 bits per heavy atom. The van der Waals surface area contributed by atoms with Crippen LogP contribution in [0.25, 0.3) is 0 Å². The average Bonchev–Trinajstić information content (AvgIpc) is 3.69. The van der Waals surface area contributed by atoms with E-state index in [-0.39, 0.29) is 36.8 Å². The number of rotatable bonds is 15. The van der Waals surface area contributed by atoms with E-state index >= 15 is 4.79 Å². The molecule has 2 aromatic rings. The van der Waals surface area contributed by atoms with Gasteiger partial charge in [-0.05, 0) is 61.4 Å². The molecule has 0 aliphatic carbocycles. The maximum atomic E-state index is 15.0. The van der Waals surface area contributed by atoms with E-state index < -0.39 is 35.1 Å². The highest BCUT2D eigenvalue weighted by Crippen LogP contribution is 2.65. The average molecular weight is 644 g/mol. The van der Waals surface area contributed by atoms with Crippen molar-refractivity contribution in [3.63, 3.8) is 0 Å². The Hall–Kier alpha value is -3.95. The Morgan fingerprint density at radius 1 is 1.06 bits per heavy atom. The Kier molecular flexibility index (Phi) is 10.3. The number of hydrogen-bond donors (Lipinski definition) is 1. The number of aliphatic hydroxyl groups excluding tert-OH is 1. The Balaban J connectivity index is 1.62.